The molecule has 3 rings (SSSR count). The first kappa shape index (κ1) is 14.1. The van der Waals surface area contributed by atoms with Crippen LogP contribution in [-0.4, -0.2) is 15.0 Å². The Hall–Kier alpha value is -1.86. The van der Waals surface area contributed by atoms with Crippen molar-refractivity contribution < 1.29 is 8.81 Å². The lowest BCUT2D eigenvalue weighted by Gasteiger charge is -2.09. The molecule has 3 aromatic rings. The molecule has 0 saturated heterocycles. The van der Waals surface area contributed by atoms with Crippen LogP contribution in [0.4, 0.5) is 10.2 Å². The number of pyridine rings is 1. The summed E-state index contributed by atoms with van der Waals surface area (Å²) in [7, 11) is 0. The number of anilines is 1. The number of aromatic nitrogens is 3. The maximum absolute atomic E-state index is 13.5. The summed E-state index contributed by atoms with van der Waals surface area (Å²) in [6, 6.07) is 3.13. The van der Waals surface area contributed by atoms with Gasteiger partial charge < -0.3 is 10.2 Å². The van der Waals surface area contributed by atoms with Crippen LogP contribution in [0.5, 0.6) is 0 Å². The Morgan fingerprint density at radius 1 is 1.38 bits per heavy atom. The van der Waals surface area contributed by atoms with E-state index < -0.39 is 5.82 Å². The largest absolute Gasteiger partial charge is 0.460 e. The quantitative estimate of drug-likeness (QED) is 0.448. The third kappa shape index (κ3) is 2.93. The first-order valence-corrected chi connectivity index (χ1v) is 7.28. The van der Waals surface area contributed by atoms with Gasteiger partial charge in [-0.1, -0.05) is 23.4 Å². The molecule has 0 radical (unpaired) electrons. The van der Waals surface area contributed by atoms with Crippen LogP contribution < -0.4 is 5.73 Å². The van der Waals surface area contributed by atoms with Crippen molar-refractivity contribution in [2.45, 2.75) is 17.3 Å². The number of nitrogens with zero attached hydrogens (tertiary/aromatic N) is 3. The van der Waals surface area contributed by atoms with Crippen LogP contribution in [0.15, 0.2) is 34.2 Å². The molecule has 0 amide bonds. The average Bonchev–Trinajstić information content (AvgIpc) is 2.79. The number of nitrogen functional groups attached to an aromatic ring is 1. The molecule has 1 atom stereocenters. The lowest BCUT2D eigenvalue weighted by molar-refractivity contribution is 0.557. The van der Waals surface area contributed by atoms with E-state index in [1.807, 2.05) is 6.92 Å². The van der Waals surface area contributed by atoms with Crippen LogP contribution in [0, 0.1) is 5.82 Å². The number of fused-ring (bicyclic) bond motifs is 1. The number of hydrogen-bond donors (Lipinski definition) is 1. The molecule has 2 N–H and O–H groups in total. The van der Waals surface area contributed by atoms with E-state index in [2.05, 4.69) is 15.0 Å². The second-order valence-electron chi connectivity index (χ2n) is 4.35. The number of thioether (sulfide) groups is 1. The fourth-order valence-electron chi connectivity index (χ4n) is 1.83. The second-order valence-corrected chi connectivity index (χ2v) is 6.04. The molecule has 0 aliphatic rings. The predicted molar refractivity (Wildman–Crippen MR) is 79.7 cm³/mol. The van der Waals surface area contributed by atoms with Crippen LogP contribution >= 0.6 is 23.4 Å². The van der Waals surface area contributed by atoms with Gasteiger partial charge in [-0.05, 0) is 13.0 Å². The van der Waals surface area contributed by atoms with Gasteiger partial charge in [-0.15, -0.1) is 0 Å². The Morgan fingerprint density at radius 3 is 2.95 bits per heavy atom. The van der Waals surface area contributed by atoms with Gasteiger partial charge >= 0.3 is 0 Å². The smallest absolute Gasteiger partial charge is 0.191 e. The summed E-state index contributed by atoms with van der Waals surface area (Å²) in [5, 5.41) is 1.03. The van der Waals surface area contributed by atoms with Crippen molar-refractivity contribution in [1.82, 2.24) is 15.0 Å². The molecule has 8 heteroatoms. The van der Waals surface area contributed by atoms with Crippen LogP contribution in [0.25, 0.3) is 11.0 Å². The standard InChI is InChI=1S/C13H10ClFN4OS/c1-6(21-13-18-11(14)3-12(16)19-13)9-2-7-8(15)5-20-10(7)4-17-9/h2-6H,1H3,(H2,16,18,19). The van der Waals surface area contributed by atoms with Crippen molar-refractivity contribution in [3.05, 3.63) is 41.3 Å². The average molecular weight is 325 g/mol. The van der Waals surface area contributed by atoms with E-state index in [4.69, 9.17) is 21.8 Å². The number of hydrogen-bond acceptors (Lipinski definition) is 6. The molecule has 0 aromatic carbocycles. The molecule has 21 heavy (non-hydrogen) atoms. The zero-order chi connectivity index (χ0) is 15.0. The maximum atomic E-state index is 13.5. The van der Waals surface area contributed by atoms with Crippen LogP contribution in [0.2, 0.25) is 5.15 Å². The summed E-state index contributed by atoms with van der Waals surface area (Å²) in [6.07, 6.45) is 2.56. The number of furan rings is 1. The van der Waals surface area contributed by atoms with Gasteiger partial charge in [-0.3, -0.25) is 4.98 Å². The van der Waals surface area contributed by atoms with Gasteiger partial charge in [0.05, 0.1) is 22.5 Å². The number of rotatable bonds is 3. The molecular formula is C13H10ClFN4OS. The van der Waals surface area contributed by atoms with Crippen molar-refractivity contribution >= 4 is 40.1 Å². The SMILES string of the molecule is CC(Sc1nc(N)cc(Cl)n1)c1cc2c(F)coc2cn1. The van der Waals surface area contributed by atoms with Gasteiger partial charge in [0.1, 0.15) is 17.2 Å². The maximum Gasteiger partial charge on any atom is 0.191 e. The fourth-order valence-corrected chi connectivity index (χ4v) is 2.94. The zero-order valence-electron chi connectivity index (χ0n) is 10.9. The first-order valence-electron chi connectivity index (χ1n) is 6.02. The van der Waals surface area contributed by atoms with Crippen LogP contribution in [0.3, 0.4) is 0 Å². The summed E-state index contributed by atoms with van der Waals surface area (Å²) in [5.41, 5.74) is 6.73. The lowest BCUT2D eigenvalue weighted by Crippen LogP contribution is -1.98. The third-order valence-corrected chi connectivity index (χ3v) is 4.01. The fraction of sp³-hybridized carbons (Fsp3) is 0.154. The van der Waals surface area contributed by atoms with E-state index in [1.54, 1.807) is 6.07 Å². The summed E-state index contributed by atoms with van der Waals surface area (Å²) in [5.74, 6) is -0.108. The minimum absolute atomic E-state index is 0.0958. The molecule has 3 aromatic heterocycles. The molecule has 0 saturated carbocycles. The Labute approximate surface area is 128 Å². The predicted octanol–water partition coefficient (Wildman–Crippen LogP) is 3.85. The van der Waals surface area contributed by atoms with Crippen molar-refractivity contribution in [2.75, 3.05) is 5.73 Å². The van der Waals surface area contributed by atoms with E-state index in [0.29, 0.717) is 27.6 Å². The summed E-state index contributed by atoms with van der Waals surface area (Å²) >= 11 is 7.18. The highest BCUT2D eigenvalue weighted by molar-refractivity contribution is 7.99. The molecule has 0 spiro atoms. The van der Waals surface area contributed by atoms with E-state index in [0.717, 1.165) is 6.26 Å². The molecule has 108 valence electrons. The second kappa shape index (κ2) is 5.50. The normalized spacial score (nSPS) is 12.7. The summed E-state index contributed by atoms with van der Waals surface area (Å²) < 4.78 is 18.6. The Morgan fingerprint density at radius 2 is 2.19 bits per heavy atom. The Kier molecular flexibility index (Phi) is 3.69. The number of nitrogens with two attached hydrogens (primary N) is 1. The van der Waals surface area contributed by atoms with Gasteiger partial charge in [-0.2, -0.15) is 0 Å². The minimum atomic E-state index is -0.408. The van der Waals surface area contributed by atoms with E-state index in [-0.39, 0.29) is 10.4 Å². The third-order valence-electron chi connectivity index (χ3n) is 2.83. The van der Waals surface area contributed by atoms with Crippen LogP contribution in [0.1, 0.15) is 17.9 Å². The molecule has 1 unspecified atom stereocenters. The monoisotopic (exact) mass is 324 g/mol. The minimum Gasteiger partial charge on any atom is -0.460 e. The topological polar surface area (TPSA) is 77.8 Å². The highest BCUT2D eigenvalue weighted by atomic mass is 35.5. The van der Waals surface area contributed by atoms with Gasteiger partial charge in [-0.25, -0.2) is 14.4 Å². The van der Waals surface area contributed by atoms with E-state index >= 15 is 0 Å². The molecule has 3 heterocycles. The summed E-state index contributed by atoms with van der Waals surface area (Å²) in [4.78, 5) is 12.4. The van der Waals surface area contributed by atoms with Gasteiger partial charge in [0, 0.05) is 6.07 Å². The van der Waals surface area contributed by atoms with Gasteiger partial charge in [0.15, 0.2) is 16.6 Å². The molecule has 0 bridgehead atoms. The van der Waals surface area contributed by atoms with Crippen LogP contribution in [-0.2, 0) is 0 Å². The highest BCUT2D eigenvalue weighted by Crippen LogP contribution is 2.34. The van der Waals surface area contributed by atoms with Crippen molar-refractivity contribution in [2.24, 2.45) is 0 Å². The molecule has 0 aliphatic carbocycles. The Balaban J connectivity index is 1.89. The van der Waals surface area contributed by atoms with Gasteiger partial charge in [0.25, 0.3) is 0 Å². The summed E-state index contributed by atoms with van der Waals surface area (Å²) in [6.45, 7) is 1.91. The zero-order valence-corrected chi connectivity index (χ0v) is 12.5. The molecule has 0 aliphatic heterocycles. The van der Waals surface area contributed by atoms with E-state index in [9.17, 15) is 4.39 Å². The van der Waals surface area contributed by atoms with Gasteiger partial charge in [0.2, 0.25) is 0 Å². The molecule has 0 fully saturated rings. The molecular weight excluding hydrogens is 315 g/mol. The van der Waals surface area contributed by atoms with Crippen molar-refractivity contribution in [3.8, 4) is 0 Å². The number of halogens is 2. The van der Waals surface area contributed by atoms with Crippen molar-refractivity contribution in [3.63, 3.8) is 0 Å². The van der Waals surface area contributed by atoms with Crippen molar-refractivity contribution in [1.29, 1.82) is 0 Å². The Bertz CT molecular complexity index is 790. The highest BCUT2D eigenvalue weighted by Gasteiger charge is 2.15. The molecule has 5 nitrogen and oxygen atoms in total. The lowest BCUT2D eigenvalue weighted by atomic mass is 10.2. The first-order chi connectivity index (χ1) is 10.0. The van der Waals surface area contributed by atoms with E-state index in [1.165, 1.54) is 24.0 Å².